The van der Waals surface area contributed by atoms with E-state index in [1.165, 1.54) is 7.11 Å². The molecule has 5 heteroatoms. The summed E-state index contributed by atoms with van der Waals surface area (Å²) < 4.78 is 5.08. The van der Waals surface area contributed by atoms with E-state index in [0.717, 1.165) is 21.7 Å². The van der Waals surface area contributed by atoms with Gasteiger partial charge in [0.2, 0.25) is 0 Å². The van der Waals surface area contributed by atoms with Crippen molar-refractivity contribution < 1.29 is 14.3 Å². The minimum atomic E-state index is -0.404. The van der Waals surface area contributed by atoms with Gasteiger partial charge in [0, 0.05) is 30.1 Å². The molecule has 2 fully saturated rings. The number of nitrogens with one attached hydrogen (secondary N) is 1. The van der Waals surface area contributed by atoms with E-state index in [0.29, 0.717) is 19.4 Å². The average Bonchev–Trinajstić information content (AvgIpc) is 2.99. The number of hydrogen-bond donors (Lipinski definition) is 1. The molecule has 2 bridgehead atoms. The van der Waals surface area contributed by atoms with Crippen LogP contribution in [-0.2, 0) is 14.3 Å². The molecule has 25 heavy (non-hydrogen) atoms. The fraction of sp³-hybridized carbons (Fsp3) is 0.450. The van der Waals surface area contributed by atoms with E-state index in [2.05, 4.69) is 10.3 Å². The molecule has 1 aliphatic carbocycles. The maximum atomic E-state index is 13.0. The Kier molecular flexibility index (Phi) is 4.04. The highest BCUT2D eigenvalue weighted by molar-refractivity contribution is 5.95. The van der Waals surface area contributed by atoms with Crippen molar-refractivity contribution in [3.05, 3.63) is 46.5 Å². The van der Waals surface area contributed by atoms with Crippen molar-refractivity contribution in [2.75, 3.05) is 13.7 Å². The monoisotopic (exact) mass is 338 g/mol. The van der Waals surface area contributed by atoms with Gasteiger partial charge >= 0.3 is 5.97 Å². The molecule has 4 rings (SSSR count). The number of methoxy groups -OCH3 is 1. The van der Waals surface area contributed by atoms with Crippen molar-refractivity contribution in [1.82, 2.24) is 5.32 Å². The number of ether oxygens (including phenoxy) is 1. The molecule has 0 amide bonds. The molecule has 5 nitrogen and oxygen atoms in total. The summed E-state index contributed by atoms with van der Waals surface area (Å²) in [5.74, 6) is -0.576. The van der Waals surface area contributed by atoms with Crippen LogP contribution in [0.15, 0.2) is 40.9 Å². The first kappa shape index (κ1) is 16.2. The fourth-order valence-electron chi connectivity index (χ4n) is 4.53. The number of rotatable bonds is 1. The third-order valence-corrected chi connectivity index (χ3v) is 5.77. The van der Waals surface area contributed by atoms with Crippen molar-refractivity contribution in [3.8, 4) is 0 Å². The number of para-hydroxylation sites is 1. The summed E-state index contributed by atoms with van der Waals surface area (Å²) >= 11 is 0. The van der Waals surface area contributed by atoms with E-state index >= 15 is 0 Å². The highest BCUT2D eigenvalue weighted by atomic mass is 16.5. The third-order valence-electron chi connectivity index (χ3n) is 5.77. The number of Topliss-reactive ketones (excluding diaryl/α,β-unsaturated/α-hetero) is 1. The third kappa shape index (κ3) is 2.54. The summed E-state index contributed by atoms with van der Waals surface area (Å²) in [5, 5.41) is 5.43. The quantitative estimate of drug-likeness (QED) is 0.599. The summed E-state index contributed by atoms with van der Waals surface area (Å²) in [6.07, 6.45) is 3.00. The van der Waals surface area contributed by atoms with Gasteiger partial charge in [-0.05, 0) is 25.0 Å². The summed E-state index contributed by atoms with van der Waals surface area (Å²) in [6.45, 7) is 2.67. The largest absolute Gasteiger partial charge is 0.469 e. The Bertz CT molecular complexity index is 886. The summed E-state index contributed by atoms with van der Waals surface area (Å²) in [7, 11) is 1.42. The minimum absolute atomic E-state index is 0.0342. The van der Waals surface area contributed by atoms with Crippen molar-refractivity contribution in [2.24, 2.45) is 16.8 Å². The number of fused-ring (bicyclic) bond motifs is 4. The molecule has 1 N–H and O–H groups in total. The summed E-state index contributed by atoms with van der Waals surface area (Å²) in [6, 6.07) is 7.45. The Hall–Kier alpha value is -2.27. The van der Waals surface area contributed by atoms with Crippen molar-refractivity contribution >= 4 is 17.3 Å². The molecular formula is C20H22N2O3. The van der Waals surface area contributed by atoms with E-state index in [1.54, 1.807) is 0 Å². The number of nitrogens with zero attached hydrogens (tertiary/aromatic N) is 1. The van der Waals surface area contributed by atoms with Gasteiger partial charge in [0.25, 0.3) is 0 Å². The van der Waals surface area contributed by atoms with Gasteiger partial charge in [-0.15, -0.1) is 0 Å². The Morgan fingerprint density at radius 1 is 1.32 bits per heavy atom. The number of piperidine rings is 1. The molecule has 1 saturated heterocycles. The predicted octanol–water partition coefficient (Wildman–Crippen LogP) is 0.526. The molecule has 1 saturated carbocycles. The second-order valence-electron chi connectivity index (χ2n) is 6.96. The lowest BCUT2D eigenvalue weighted by molar-refractivity contribution is -0.149. The predicted molar refractivity (Wildman–Crippen MR) is 93.2 cm³/mol. The maximum absolute atomic E-state index is 13.0. The molecule has 4 atom stereocenters. The number of ketones is 1. The van der Waals surface area contributed by atoms with Crippen LogP contribution in [0.1, 0.15) is 19.8 Å². The second kappa shape index (κ2) is 6.23. The van der Waals surface area contributed by atoms with Gasteiger partial charge in [-0.3, -0.25) is 14.6 Å². The van der Waals surface area contributed by atoms with Gasteiger partial charge in [-0.2, -0.15) is 0 Å². The zero-order valence-electron chi connectivity index (χ0n) is 14.5. The van der Waals surface area contributed by atoms with Crippen LogP contribution in [0.2, 0.25) is 0 Å². The molecule has 0 spiro atoms. The first-order chi connectivity index (χ1) is 12.1. The number of carbonyl (C=O) groups excluding carboxylic acids is 2. The Labute approximate surface area is 146 Å². The van der Waals surface area contributed by atoms with Gasteiger partial charge in [-0.1, -0.05) is 29.8 Å². The number of carbonyl (C=O) groups is 2. The molecule has 0 radical (unpaired) electrons. The lowest BCUT2D eigenvalue weighted by atomic mass is 9.70. The summed E-state index contributed by atoms with van der Waals surface area (Å²) in [5.41, 5.74) is 2.15. The topological polar surface area (TPSA) is 67.8 Å². The van der Waals surface area contributed by atoms with Gasteiger partial charge in [-0.25, -0.2) is 0 Å². The van der Waals surface area contributed by atoms with Crippen LogP contribution < -0.4 is 15.9 Å². The van der Waals surface area contributed by atoms with Crippen LogP contribution in [0.4, 0.5) is 0 Å². The van der Waals surface area contributed by atoms with E-state index in [4.69, 9.17) is 4.74 Å². The fourth-order valence-corrected chi connectivity index (χ4v) is 4.53. The van der Waals surface area contributed by atoms with Gasteiger partial charge < -0.3 is 10.1 Å². The molecule has 3 aliphatic rings. The molecule has 0 aromatic heterocycles. The highest BCUT2D eigenvalue weighted by Gasteiger charge is 2.46. The minimum Gasteiger partial charge on any atom is -0.469 e. The Balaban J connectivity index is 1.85. The standard InChI is InChI=1S/C20H22N2O3/c1-3-11-10-21-16-8-14-12-6-4-5-7-15(12)22-19(14)17(23)9-13(11)18(16)20(24)25-2/h3-7,13,16,18-19,21H,8-10H2,1-2H3/b11-3-/t13-,16+,18?,19?/m1/s1. The molecule has 2 aliphatic heterocycles. The van der Waals surface area contributed by atoms with Gasteiger partial charge in [0.15, 0.2) is 5.78 Å². The molecular weight excluding hydrogens is 316 g/mol. The number of hydrogen-bond acceptors (Lipinski definition) is 5. The zero-order chi connectivity index (χ0) is 17.6. The summed E-state index contributed by atoms with van der Waals surface area (Å²) in [4.78, 5) is 30.2. The van der Waals surface area contributed by atoms with E-state index in [9.17, 15) is 9.59 Å². The SMILES string of the molecule is C/C=C1/CN[C@H]2CC3=c4ccccc4=NC3C(=O)C[C@H]1C2C(=O)OC. The Morgan fingerprint density at radius 2 is 2.12 bits per heavy atom. The van der Waals surface area contributed by atoms with E-state index in [-0.39, 0.29) is 29.6 Å². The second-order valence-corrected chi connectivity index (χ2v) is 6.96. The smallest absolute Gasteiger partial charge is 0.310 e. The zero-order valence-corrected chi connectivity index (χ0v) is 14.5. The maximum Gasteiger partial charge on any atom is 0.310 e. The molecule has 130 valence electrons. The van der Waals surface area contributed by atoms with Crippen LogP contribution in [0.5, 0.6) is 0 Å². The van der Waals surface area contributed by atoms with Crippen molar-refractivity contribution in [1.29, 1.82) is 0 Å². The normalized spacial score (nSPS) is 32.3. The first-order valence-electron chi connectivity index (χ1n) is 8.79. The lowest BCUT2D eigenvalue weighted by Gasteiger charge is -2.41. The van der Waals surface area contributed by atoms with Crippen LogP contribution in [0.3, 0.4) is 0 Å². The highest BCUT2D eigenvalue weighted by Crippen LogP contribution is 2.38. The van der Waals surface area contributed by atoms with Crippen LogP contribution >= 0.6 is 0 Å². The molecule has 2 heterocycles. The van der Waals surface area contributed by atoms with Crippen LogP contribution in [0, 0.1) is 11.8 Å². The first-order valence-corrected chi connectivity index (χ1v) is 8.79. The van der Waals surface area contributed by atoms with Crippen molar-refractivity contribution in [2.45, 2.75) is 31.8 Å². The number of allylic oxidation sites excluding steroid dienone is 1. The van der Waals surface area contributed by atoms with Crippen LogP contribution in [-0.4, -0.2) is 37.5 Å². The van der Waals surface area contributed by atoms with E-state index < -0.39 is 6.04 Å². The average molecular weight is 338 g/mol. The molecule has 2 unspecified atom stereocenters. The van der Waals surface area contributed by atoms with Gasteiger partial charge in [0.1, 0.15) is 6.04 Å². The van der Waals surface area contributed by atoms with Crippen LogP contribution in [0.25, 0.3) is 5.57 Å². The van der Waals surface area contributed by atoms with Gasteiger partial charge in [0.05, 0.1) is 18.4 Å². The molecule has 1 aromatic rings. The van der Waals surface area contributed by atoms with E-state index in [1.807, 2.05) is 37.3 Å². The molecule has 1 aromatic carbocycles. The number of esters is 1. The van der Waals surface area contributed by atoms with Crippen molar-refractivity contribution in [3.63, 3.8) is 0 Å². The lowest BCUT2D eigenvalue weighted by Crippen LogP contribution is -2.53. The number of benzene rings is 1. The Morgan fingerprint density at radius 3 is 2.88 bits per heavy atom.